The third-order valence-electron chi connectivity index (χ3n) is 4.26. The Morgan fingerprint density at radius 1 is 1.32 bits per heavy atom. The van der Waals surface area contributed by atoms with Crippen LogP contribution >= 0.6 is 0 Å². The van der Waals surface area contributed by atoms with E-state index in [4.69, 9.17) is 9.15 Å². The third kappa shape index (κ3) is 3.84. The van der Waals surface area contributed by atoms with Crippen LogP contribution < -0.4 is 0 Å². The second kappa shape index (κ2) is 6.87. The lowest BCUT2D eigenvalue weighted by Crippen LogP contribution is -2.43. The van der Waals surface area contributed by atoms with Gasteiger partial charge in [-0.3, -0.25) is 4.79 Å². The van der Waals surface area contributed by atoms with E-state index in [0.717, 1.165) is 5.39 Å². The van der Waals surface area contributed by atoms with E-state index in [9.17, 15) is 18.0 Å². The molecule has 0 radical (unpaired) electrons. The van der Waals surface area contributed by atoms with E-state index < -0.39 is 28.3 Å². The number of carbonyl (C=O) groups excluding carboxylic acids is 2. The van der Waals surface area contributed by atoms with E-state index in [-0.39, 0.29) is 23.3 Å². The Morgan fingerprint density at radius 3 is 2.72 bits per heavy atom. The second-order valence-corrected chi connectivity index (χ2v) is 8.19. The molecule has 0 N–H and O–H groups in total. The maximum Gasteiger partial charge on any atom is 0.374 e. The molecule has 1 amide bonds. The number of carbonyl (C=O) groups is 2. The fraction of sp³-hybridized carbons (Fsp3) is 0.412. The fourth-order valence-electron chi connectivity index (χ4n) is 3.02. The van der Waals surface area contributed by atoms with E-state index in [1.165, 1.54) is 4.90 Å². The minimum Gasteiger partial charge on any atom is -0.450 e. The van der Waals surface area contributed by atoms with Gasteiger partial charge < -0.3 is 14.1 Å². The zero-order valence-electron chi connectivity index (χ0n) is 13.8. The Bertz CT molecular complexity index is 868. The average Bonchev–Trinajstić information content (AvgIpc) is 3.16. The van der Waals surface area contributed by atoms with E-state index in [0.29, 0.717) is 18.5 Å². The first-order valence-corrected chi connectivity index (χ1v) is 9.87. The lowest BCUT2D eigenvalue weighted by atomic mass is 10.2. The lowest BCUT2D eigenvalue weighted by molar-refractivity contribution is -0.136. The van der Waals surface area contributed by atoms with Crippen LogP contribution in [0, 0.1) is 0 Å². The molecule has 3 rings (SSSR count). The minimum atomic E-state index is -3.09. The van der Waals surface area contributed by atoms with Crippen molar-refractivity contribution in [2.75, 3.05) is 24.7 Å². The number of amides is 1. The number of hydrogen-bond acceptors (Lipinski definition) is 6. The number of benzene rings is 1. The van der Waals surface area contributed by atoms with Crippen molar-refractivity contribution in [3.05, 3.63) is 36.1 Å². The van der Waals surface area contributed by atoms with Gasteiger partial charge in [-0.25, -0.2) is 13.2 Å². The molecule has 2 aromatic rings. The van der Waals surface area contributed by atoms with Gasteiger partial charge in [0.25, 0.3) is 5.91 Å². The van der Waals surface area contributed by atoms with Crippen molar-refractivity contribution in [1.29, 1.82) is 0 Å². The average molecular weight is 365 g/mol. The Labute approximate surface area is 145 Å². The molecule has 0 saturated carbocycles. The quantitative estimate of drug-likeness (QED) is 0.748. The number of sulfone groups is 1. The topological polar surface area (TPSA) is 93.9 Å². The number of fused-ring (bicyclic) bond motifs is 1. The fourth-order valence-corrected chi connectivity index (χ4v) is 4.75. The number of rotatable bonds is 5. The normalized spacial score (nSPS) is 19.0. The van der Waals surface area contributed by atoms with Gasteiger partial charge in [-0.1, -0.05) is 18.2 Å². The number of esters is 1. The van der Waals surface area contributed by atoms with E-state index in [1.54, 1.807) is 31.2 Å². The number of hydrogen-bond donors (Lipinski definition) is 0. The summed E-state index contributed by atoms with van der Waals surface area (Å²) in [5.74, 6) is -1.06. The van der Waals surface area contributed by atoms with Crippen molar-refractivity contribution < 1.29 is 27.2 Å². The number of para-hydroxylation sites is 1. The summed E-state index contributed by atoms with van der Waals surface area (Å²) in [6, 6.07) is 8.36. The van der Waals surface area contributed by atoms with Gasteiger partial charge in [-0.15, -0.1) is 0 Å². The minimum absolute atomic E-state index is 0.0282. The van der Waals surface area contributed by atoms with Gasteiger partial charge >= 0.3 is 5.97 Å². The molecule has 25 heavy (non-hydrogen) atoms. The molecular weight excluding hydrogens is 346 g/mol. The maximum absolute atomic E-state index is 12.3. The van der Waals surface area contributed by atoms with Gasteiger partial charge in [0.1, 0.15) is 5.58 Å². The van der Waals surface area contributed by atoms with Crippen molar-refractivity contribution >= 4 is 32.7 Å². The number of likely N-dealkylation sites (N-methyl/N-ethyl adjacent to an activating group) is 1. The Kier molecular flexibility index (Phi) is 4.80. The number of furan rings is 1. The van der Waals surface area contributed by atoms with Crippen LogP contribution in [-0.4, -0.2) is 55.9 Å². The number of nitrogens with zero attached hydrogens (tertiary/aromatic N) is 1. The van der Waals surface area contributed by atoms with Crippen LogP contribution in [0.15, 0.2) is 34.7 Å². The highest BCUT2D eigenvalue weighted by atomic mass is 32.2. The van der Waals surface area contributed by atoms with Crippen LogP contribution in [-0.2, 0) is 19.4 Å². The zero-order chi connectivity index (χ0) is 18.0. The monoisotopic (exact) mass is 365 g/mol. The summed E-state index contributed by atoms with van der Waals surface area (Å²) in [5, 5.41) is 0.770. The Balaban J connectivity index is 1.61. The Hall–Kier alpha value is -2.35. The summed E-state index contributed by atoms with van der Waals surface area (Å²) in [4.78, 5) is 25.8. The van der Waals surface area contributed by atoms with E-state index >= 15 is 0 Å². The van der Waals surface area contributed by atoms with Crippen LogP contribution in [0.4, 0.5) is 0 Å². The zero-order valence-corrected chi connectivity index (χ0v) is 14.6. The molecule has 0 spiro atoms. The van der Waals surface area contributed by atoms with Gasteiger partial charge in [-0.2, -0.15) is 0 Å². The molecule has 2 heterocycles. The summed E-state index contributed by atoms with van der Waals surface area (Å²) in [6.45, 7) is 1.69. The highest BCUT2D eigenvalue weighted by Gasteiger charge is 2.34. The maximum atomic E-state index is 12.3. The van der Waals surface area contributed by atoms with Crippen molar-refractivity contribution in [3.63, 3.8) is 0 Å². The molecule has 0 bridgehead atoms. The first-order valence-electron chi connectivity index (χ1n) is 8.05. The number of ether oxygens (including phenoxy) is 1. The lowest BCUT2D eigenvalue weighted by Gasteiger charge is -2.26. The summed E-state index contributed by atoms with van der Waals surface area (Å²) in [5.41, 5.74) is 0.562. The van der Waals surface area contributed by atoms with Crippen LogP contribution in [0.1, 0.15) is 23.9 Å². The highest BCUT2D eigenvalue weighted by Crippen LogP contribution is 2.20. The molecule has 1 atom stereocenters. The largest absolute Gasteiger partial charge is 0.450 e. The van der Waals surface area contributed by atoms with Crippen molar-refractivity contribution in [3.8, 4) is 0 Å². The van der Waals surface area contributed by atoms with Crippen molar-refractivity contribution in [2.45, 2.75) is 19.4 Å². The smallest absolute Gasteiger partial charge is 0.374 e. The molecule has 1 aromatic heterocycles. The molecule has 1 aliphatic rings. The van der Waals surface area contributed by atoms with Gasteiger partial charge in [-0.05, 0) is 25.5 Å². The molecular formula is C17H19NO6S. The highest BCUT2D eigenvalue weighted by molar-refractivity contribution is 7.91. The molecule has 134 valence electrons. The van der Waals surface area contributed by atoms with Crippen LogP contribution in [0.25, 0.3) is 11.0 Å². The van der Waals surface area contributed by atoms with Crippen LogP contribution in [0.3, 0.4) is 0 Å². The second-order valence-electron chi connectivity index (χ2n) is 5.96. The molecule has 1 aromatic carbocycles. The molecule has 0 unspecified atom stereocenters. The van der Waals surface area contributed by atoms with Gasteiger partial charge in [0, 0.05) is 18.0 Å². The molecule has 0 aliphatic carbocycles. The first-order chi connectivity index (χ1) is 11.9. The molecule has 1 aliphatic heterocycles. The Morgan fingerprint density at radius 2 is 2.08 bits per heavy atom. The summed E-state index contributed by atoms with van der Waals surface area (Å²) >= 11 is 0. The predicted molar refractivity (Wildman–Crippen MR) is 90.9 cm³/mol. The van der Waals surface area contributed by atoms with Gasteiger partial charge in [0.15, 0.2) is 16.4 Å². The van der Waals surface area contributed by atoms with Crippen molar-refractivity contribution in [1.82, 2.24) is 4.90 Å². The van der Waals surface area contributed by atoms with E-state index in [2.05, 4.69) is 0 Å². The van der Waals surface area contributed by atoms with Gasteiger partial charge in [0.05, 0.1) is 11.5 Å². The standard InChI is InChI=1S/C17H19NO6S/c1-2-18(13-7-8-25(21,22)11-13)16(19)10-23-17(20)15-9-12-5-3-4-6-14(12)24-15/h3-6,9,13H,2,7-8,10-11H2,1H3/t13-/m0/s1. The first kappa shape index (κ1) is 17.5. The van der Waals surface area contributed by atoms with Gasteiger partial charge in [0.2, 0.25) is 5.76 Å². The van der Waals surface area contributed by atoms with Crippen LogP contribution in [0.2, 0.25) is 0 Å². The summed E-state index contributed by atoms with van der Waals surface area (Å²) in [6.07, 6.45) is 0.416. The molecule has 1 fully saturated rings. The third-order valence-corrected chi connectivity index (χ3v) is 6.01. The summed E-state index contributed by atoms with van der Waals surface area (Å²) < 4.78 is 33.6. The SMILES string of the molecule is CCN(C(=O)COC(=O)c1cc2ccccc2o1)[C@H]1CCS(=O)(=O)C1. The van der Waals surface area contributed by atoms with Crippen LogP contribution in [0.5, 0.6) is 0 Å². The molecule has 1 saturated heterocycles. The van der Waals surface area contributed by atoms with E-state index in [1.807, 2.05) is 6.07 Å². The van der Waals surface area contributed by atoms with Crippen molar-refractivity contribution in [2.24, 2.45) is 0 Å². The predicted octanol–water partition coefficient (Wildman–Crippen LogP) is 1.63. The summed E-state index contributed by atoms with van der Waals surface area (Å²) in [7, 11) is -3.09. The molecule has 8 heteroatoms. The molecule has 7 nitrogen and oxygen atoms in total.